The van der Waals surface area contributed by atoms with Gasteiger partial charge < -0.3 is 24.4 Å². The van der Waals surface area contributed by atoms with Gasteiger partial charge in [-0.1, -0.05) is 0 Å². The quantitative estimate of drug-likeness (QED) is 0.685. The molecule has 138 valence electrons. The first kappa shape index (κ1) is 19.1. The van der Waals surface area contributed by atoms with Gasteiger partial charge in [-0.15, -0.1) is 0 Å². The molecule has 0 unspecified atom stereocenters. The van der Waals surface area contributed by atoms with E-state index in [-0.39, 0.29) is 24.2 Å². The zero-order chi connectivity index (χ0) is 18.2. The molecule has 0 radical (unpaired) electrons. The Morgan fingerprint density at radius 3 is 2.80 bits per heavy atom. The molecule has 2 rings (SSSR count). The minimum Gasteiger partial charge on any atom is -0.497 e. The molecule has 1 heterocycles. The molecule has 1 atom stereocenters. The molecule has 1 aliphatic rings. The van der Waals surface area contributed by atoms with Crippen molar-refractivity contribution in [2.75, 3.05) is 45.4 Å². The topological polar surface area (TPSA) is 77.1 Å². The Morgan fingerprint density at radius 2 is 2.12 bits per heavy atom. The molecule has 7 nitrogen and oxygen atoms in total. The lowest BCUT2D eigenvalue weighted by atomic mass is 10.1. The van der Waals surface area contributed by atoms with Crippen LogP contribution in [0.4, 0.5) is 5.69 Å². The zero-order valence-electron chi connectivity index (χ0n) is 15.0. The molecule has 0 bridgehead atoms. The summed E-state index contributed by atoms with van der Waals surface area (Å²) in [4.78, 5) is 26.3. The molecule has 0 aliphatic carbocycles. The summed E-state index contributed by atoms with van der Waals surface area (Å²) in [6, 6.07) is 5.27. The minimum absolute atomic E-state index is 0.0963. The van der Waals surface area contributed by atoms with Crippen molar-refractivity contribution in [1.82, 2.24) is 5.32 Å². The van der Waals surface area contributed by atoms with Crippen LogP contribution in [0.15, 0.2) is 18.2 Å². The van der Waals surface area contributed by atoms with Gasteiger partial charge in [0.2, 0.25) is 11.8 Å². The second kappa shape index (κ2) is 9.27. The van der Waals surface area contributed by atoms with Crippen molar-refractivity contribution in [2.45, 2.75) is 19.8 Å². The molecule has 0 spiro atoms. The van der Waals surface area contributed by atoms with E-state index in [1.54, 1.807) is 37.3 Å². The zero-order valence-corrected chi connectivity index (χ0v) is 15.0. The summed E-state index contributed by atoms with van der Waals surface area (Å²) >= 11 is 0. The number of hydrogen-bond donors (Lipinski definition) is 1. The number of amides is 2. The fourth-order valence-electron chi connectivity index (χ4n) is 2.80. The van der Waals surface area contributed by atoms with Gasteiger partial charge >= 0.3 is 0 Å². The lowest BCUT2D eigenvalue weighted by Gasteiger charge is -2.20. The van der Waals surface area contributed by atoms with Crippen LogP contribution < -0.4 is 19.7 Å². The second-order valence-corrected chi connectivity index (χ2v) is 5.78. The van der Waals surface area contributed by atoms with Crippen LogP contribution in [0, 0.1) is 5.92 Å². The third-order valence-corrected chi connectivity index (χ3v) is 4.14. The lowest BCUT2D eigenvalue weighted by molar-refractivity contribution is -0.126. The van der Waals surface area contributed by atoms with Crippen molar-refractivity contribution >= 4 is 17.5 Å². The number of nitrogens with one attached hydrogen (secondary N) is 1. The maximum atomic E-state index is 12.4. The van der Waals surface area contributed by atoms with E-state index in [1.165, 1.54) is 0 Å². The number of carbonyl (C=O) groups excluding carboxylic acids is 2. The number of ether oxygens (including phenoxy) is 3. The average molecular weight is 350 g/mol. The second-order valence-electron chi connectivity index (χ2n) is 5.78. The Morgan fingerprint density at radius 1 is 1.32 bits per heavy atom. The lowest BCUT2D eigenvalue weighted by Crippen LogP contribution is -2.34. The number of anilines is 1. The predicted molar refractivity (Wildman–Crippen MR) is 94.1 cm³/mol. The Hall–Kier alpha value is -2.28. The van der Waals surface area contributed by atoms with Crippen LogP contribution in [-0.2, 0) is 14.3 Å². The summed E-state index contributed by atoms with van der Waals surface area (Å²) in [6.07, 6.45) is 0.950. The summed E-state index contributed by atoms with van der Waals surface area (Å²) in [5.41, 5.74) is 0.624. The molecule has 1 aliphatic heterocycles. The average Bonchev–Trinajstić information content (AvgIpc) is 3.02. The number of rotatable bonds is 9. The van der Waals surface area contributed by atoms with Crippen LogP contribution in [0.2, 0.25) is 0 Å². The van der Waals surface area contributed by atoms with Gasteiger partial charge in [0.1, 0.15) is 11.5 Å². The highest BCUT2D eigenvalue weighted by atomic mass is 16.5. The van der Waals surface area contributed by atoms with E-state index in [0.717, 1.165) is 6.42 Å². The monoisotopic (exact) mass is 350 g/mol. The van der Waals surface area contributed by atoms with Gasteiger partial charge in [0, 0.05) is 38.8 Å². The fourth-order valence-corrected chi connectivity index (χ4v) is 2.80. The SMILES string of the molecule is CCOCCCNC(=O)[C@@H]1CC(=O)N(c2cc(OC)ccc2OC)C1. The third-order valence-electron chi connectivity index (χ3n) is 4.14. The fraction of sp³-hybridized carbons (Fsp3) is 0.556. The molecule has 1 aromatic carbocycles. The van der Waals surface area contributed by atoms with Gasteiger partial charge in [-0.3, -0.25) is 9.59 Å². The van der Waals surface area contributed by atoms with E-state index in [9.17, 15) is 9.59 Å². The van der Waals surface area contributed by atoms with Crippen molar-refractivity contribution in [3.8, 4) is 11.5 Å². The largest absolute Gasteiger partial charge is 0.497 e. The van der Waals surface area contributed by atoms with Crippen molar-refractivity contribution in [1.29, 1.82) is 0 Å². The molecular formula is C18H26N2O5. The van der Waals surface area contributed by atoms with Gasteiger partial charge in [-0.05, 0) is 25.5 Å². The Kier molecular flexibility index (Phi) is 7.06. The highest BCUT2D eigenvalue weighted by Crippen LogP contribution is 2.35. The Balaban J connectivity index is 1.99. The van der Waals surface area contributed by atoms with Gasteiger partial charge in [0.15, 0.2) is 0 Å². The minimum atomic E-state index is -0.365. The molecule has 25 heavy (non-hydrogen) atoms. The van der Waals surface area contributed by atoms with Gasteiger partial charge in [-0.25, -0.2) is 0 Å². The van der Waals surface area contributed by atoms with E-state index in [4.69, 9.17) is 14.2 Å². The van der Waals surface area contributed by atoms with E-state index in [2.05, 4.69) is 5.32 Å². The summed E-state index contributed by atoms with van der Waals surface area (Å²) in [5.74, 6) is 0.644. The molecule has 0 saturated carbocycles. The van der Waals surface area contributed by atoms with Gasteiger partial charge in [0.25, 0.3) is 0 Å². The maximum Gasteiger partial charge on any atom is 0.227 e. The molecule has 2 amide bonds. The van der Waals surface area contributed by atoms with E-state index >= 15 is 0 Å². The predicted octanol–water partition coefficient (Wildman–Crippen LogP) is 1.60. The van der Waals surface area contributed by atoms with Crippen LogP contribution >= 0.6 is 0 Å². The van der Waals surface area contributed by atoms with Crippen molar-refractivity contribution in [2.24, 2.45) is 5.92 Å². The van der Waals surface area contributed by atoms with Crippen LogP contribution in [0.5, 0.6) is 11.5 Å². The summed E-state index contributed by atoms with van der Waals surface area (Å²) < 4.78 is 15.8. The van der Waals surface area contributed by atoms with Crippen LogP contribution in [0.25, 0.3) is 0 Å². The highest BCUT2D eigenvalue weighted by molar-refractivity contribution is 6.01. The van der Waals surface area contributed by atoms with Crippen LogP contribution in [-0.4, -0.2) is 52.3 Å². The Labute approximate surface area is 148 Å². The summed E-state index contributed by atoms with van der Waals surface area (Å²) in [5, 5.41) is 2.87. The smallest absolute Gasteiger partial charge is 0.227 e. The Bertz CT molecular complexity index is 605. The number of carbonyl (C=O) groups is 2. The van der Waals surface area contributed by atoms with Crippen LogP contribution in [0.1, 0.15) is 19.8 Å². The third kappa shape index (κ3) is 4.85. The number of hydrogen-bond acceptors (Lipinski definition) is 5. The molecule has 1 fully saturated rings. The van der Waals surface area contributed by atoms with Crippen molar-refractivity contribution in [3.05, 3.63) is 18.2 Å². The number of benzene rings is 1. The molecule has 0 aromatic heterocycles. The number of methoxy groups -OCH3 is 2. The normalized spacial score (nSPS) is 16.8. The van der Waals surface area contributed by atoms with Crippen molar-refractivity contribution < 1.29 is 23.8 Å². The first-order valence-corrected chi connectivity index (χ1v) is 8.48. The highest BCUT2D eigenvalue weighted by Gasteiger charge is 2.36. The first-order chi connectivity index (χ1) is 12.1. The van der Waals surface area contributed by atoms with Crippen molar-refractivity contribution in [3.63, 3.8) is 0 Å². The summed E-state index contributed by atoms with van der Waals surface area (Å²) in [7, 11) is 3.12. The maximum absolute atomic E-state index is 12.4. The van der Waals surface area contributed by atoms with Crippen LogP contribution in [0.3, 0.4) is 0 Å². The standard InChI is InChI=1S/C18H26N2O5/c1-4-25-9-5-8-19-18(22)13-10-17(21)20(12-13)15-11-14(23-2)6-7-16(15)24-3/h6-7,11,13H,4-5,8-10,12H2,1-3H3,(H,19,22)/t13-/m1/s1. The molecule has 1 aromatic rings. The van der Waals surface area contributed by atoms with Gasteiger partial charge in [-0.2, -0.15) is 0 Å². The number of nitrogens with zero attached hydrogens (tertiary/aromatic N) is 1. The molecular weight excluding hydrogens is 324 g/mol. The molecule has 1 N–H and O–H groups in total. The molecule has 1 saturated heterocycles. The first-order valence-electron chi connectivity index (χ1n) is 8.48. The van der Waals surface area contributed by atoms with E-state index < -0.39 is 0 Å². The van der Waals surface area contributed by atoms with E-state index in [0.29, 0.717) is 43.5 Å². The van der Waals surface area contributed by atoms with Gasteiger partial charge in [0.05, 0.1) is 25.8 Å². The summed E-state index contributed by atoms with van der Waals surface area (Å²) in [6.45, 7) is 4.10. The van der Waals surface area contributed by atoms with E-state index in [1.807, 2.05) is 6.92 Å². The molecule has 7 heteroatoms.